The van der Waals surface area contributed by atoms with Gasteiger partial charge in [-0.05, 0) is 35.8 Å². The van der Waals surface area contributed by atoms with E-state index in [0.717, 1.165) is 22.5 Å². The number of fused-ring (bicyclic) bond motifs is 2. The number of hydrogen-bond donors (Lipinski definition) is 0. The topological polar surface area (TPSA) is 25.8 Å². The van der Waals surface area contributed by atoms with Crippen molar-refractivity contribution in [3.63, 3.8) is 0 Å². The van der Waals surface area contributed by atoms with Crippen molar-refractivity contribution in [1.29, 1.82) is 0 Å². The molecule has 0 unspecified atom stereocenters. The lowest BCUT2D eigenvalue weighted by Crippen LogP contribution is -1.75. The van der Waals surface area contributed by atoms with Gasteiger partial charge in [-0.1, -0.05) is 71.7 Å². The maximum absolute atomic E-state index is 6.21. The molecule has 0 amide bonds. The van der Waals surface area contributed by atoms with Crippen molar-refractivity contribution in [2.45, 2.75) is 0 Å². The molecule has 4 aliphatic rings. The third kappa shape index (κ3) is 3.09. The second-order valence-corrected chi connectivity index (χ2v) is 6.19. The lowest BCUT2D eigenvalue weighted by atomic mass is 10.1. The molecule has 0 saturated heterocycles. The molecule has 0 saturated carbocycles. The zero-order valence-corrected chi connectivity index (χ0v) is 14.9. The molecule has 0 aromatic heterocycles. The zero-order valence-electron chi connectivity index (χ0n) is 13.4. The molecule has 2 aliphatic carbocycles. The lowest BCUT2D eigenvalue weighted by Gasteiger charge is -1.90. The highest BCUT2D eigenvalue weighted by molar-refractivity contribution is 6.32. The highest BCUT2D eigenvalue weighted by atomic mass is 35.5. The van der Waals surface area contributed by atoms with Gasteiger partial charge >= 0.3 is 0 Å². The van der Waals surface area contributed by atoms with E-state index in [9.17, 15) is 0 Å². The Bertz CT molecular complexity index is 1080. The summed E-state index contributed by atoms with van der Waals surface area (Å²) in [6, 6.07) is 19.2. The molecule has 0 atom stereocenters. The average molecular weight is 373 g/mol. The van der Waals surface area contributed by atoms with Crippen molar-refractivity contribution < 1.29 is 0 Å². The van der Waals surface area contributed by atoms with Crippen molar-refractivity contribution in [2.75, 3.05) is 0 Å². The van der Waals surface area contributed by atoms with Crippen molar-refractivity contribution in [2.24, 2.45) is 0 Å². The standard InChI is InChI=1S/C22H10Cl2N2/c23-21-17(15-9-3-1-5-13-19(15)25-21)11-7-8-12-18-16-10-4-2-6-14-20(16)26-22(18)24/h1-6,9-10,13-14H. The normalized spacial score (nSPS) is 10.1. The second kappa shape index (κ2) is 7.06. The Morgan fingerprint density at radius 2 is 1.00 bits per heavy atom. The Hall–Kier alpha value is -3.04. The van der Waals surface area contributed by atoms with E-state index < -0.39 is 0 Å². The van der Waals surface area contributed by atoms with E-state index in [2.05, 4.69) is 33.6 Å². The van der Waals surface area contributed by atoms with Crippen LogP contribution in [0, 0.1) is 23.7 Å². The van der Waals surface area contributed by atoms with Crippen LogP contribution in [0.25, 0.3) is 22.5 Å². The summed E-state index contributed by atoms with van der Waals surface area (Å²) in [5.74, 6) is 11.7. The molecule has 0 N–H and O–H groups in total. The molecule has 122 valence electrons. The first-order valence-corrected chi connectivity index (χ1v) is 8.60. The lowest BCUT2D eigenvalue weighted by molar-refractivity contribution is 1.41. The van der Waals surface area contributed by atoms with Crippen LogP contribution in [0.4, 0.5) is 0 Å². The number of hydrogen-bond acceptors (Lipinski definition) is 2. The predicted molar refractivity (Wildman–Crippen MR) is 105 cm³/mol. The van der Waals surface area contributed by atoms with Crippen LogP contribution in [0.1, 0.15) is 11.1 Å². The molecular weight excluding hydrogens is 363 g/mol. The Morgan fingerprint density at radius 3 is 1.46 bits per heavy atom. The van der Waals surface area contributed by atoms with Gasteiger partial charge in [0.05, 0.1) is 22.5 Å². The molecule has 0 radical (unpaired) electrons. The summed E-state index contributed by atoms with van der Waals surface area (Å²) in [4.78, 5) is 8.65. The number of nitrogens with zero attached hydrogens (tertiary/aromatic N) is 2. The van der Waals surface area contributed by atoms with Crippen LogP contribution in [-0.2, 0) is 0 Å². The Balaban J connectivity index is 1.71. The van der Waals surface area contributed by atoms with E-state index in [1.807, 2.05) is 60.7 Å². The summed E-state index contributed by atoms with van der Waals surface area (Å²) < 4.78 is 0. The molecule has 0 bridgehead atoms. The minimum absolute atomic E-state index is 0.381. The van der Waals surface area contributed by atoms with E-state index in [0.29, 0.717) is 21.4 Å². The quantitative estimate of drug-likeness (QED) is 0.386. The number of aromatic nitrogens is 2. The van der Waals surface area contributed by atoms with E-state index in [1.54, 1.807) is 0 Å². The monoisotopic (exact) mass is 372 g/mol. The van der Waals surface area contributed by atoms with Gasteiger partial charge in [0.15, 0.2) is 0 Å². The molecular formula is C22H10Cl2N2. The van der Waals surface area contributed by atoms with Gasteiger partial charge in [0.1, 0.15) is 10.3 Å². The molecule has 4 rings (SSSR count). The maximum Gasteiger partial charge on any atom is 0.146 e. The summed E-state index contributed by atoms with van der Waals surface area (Å²) in [7, 11) is 0. The van der Waals surface area contributed by atoms with Crippen molar-refractivity contribution in [1.82, 2.24) is 9.97 Å². The second-order valence-electron chi connectivity index (χ2n) is 5.47. The minimum Gasteiger partial charge on any atom is -0.235 e. The first-order valence-electron chi connectivity index (χ1n) is 7.84. The Labute approximate surface area is 161 Å². The van der Waals surface area contributed by atoms with Crippen LogP contribution >= 0.6 is 23.2 Å². The molecule has 26 heavy (non-hydrogen) atoms. The molecule has 0 fully saturated rings. The van der Waals surface area contributed by atoms with E-state index in [-0.39, 0.29) is 0 Å². The third-order valence-corrected chi connectivity index (χ3v) is 4.40. The van der Waals surface area contributed by atoms with E-state index >= 15 is 0 Å². The largest absolute Gasteiger partial charge is 0.235 e. The summed E-state index contributed by atoms with van der Waals surface area (Å²) in [5.41, 5.74) is 4.77. The van der Waals surface area contributed by atoms with Gasteiger partial charge in [-0.15, -0.1) is 0 Å². The molecule has 2 aliphatic heterocycles. The van der Waals surface area contributed by atoms with Gasteiger partial charge in [-0.2, -0.15) is 0 Å². The summed E-state index contributed by atoms with van der Waals surface area (Å²) in [6.45, 7) is 0. The Morgan fingerprint density at radius 1 is 0.577 bits per heavy atom. The van der Waals surface area contributed by atoms with Crippen LogP contribution in [0.3, 0.4) is 0 Å². The Kier molecular flexibility index (Phi) is 4.46. The fraction of sp³-hybridized carbons (Fsp3) is 0. The molecule has 2 nitrogen and oxygen atoms in total. The maximum atomic E-state index is 6.21. The van der Waals surface area contributed by atoms with Gasteiger partial charge in [-0.25, -0.2) is 9.97 Å². The fourth-order valence-electron chi connectivity index (χ4n) is 2.66. The SMILES string of the molecule is Clc1nc2cccccc-2c1C#CC#Cc1c2cccccc-2nc1Cl. The van der Waals surface area contributed by atoms with Gasteiger partial charge in [0.25, 0.3) is 0 Å². The first kappa shape index (κ1) is 16.4. The highest BCUT2D eigenvalue weighted by Gasteiger charge is 2.14. The summed E-state index contributed by atoms with van der Waals surface area (Å²) in [6.07, 6.45) is 0. The minimum atomic E-state index is 0.381. The van der Waals surface area contributed by atoms with Crippen LogP contribution in [0.2, 0.25) is 10.3 Å². The van der Waals surface area contributed by atoms with Crippen molar-refractivity contribution in [3.05, 3.63) is 82.1 Å². The fourth-order valence-corrected chi connectivity index (χ4v) is 3.14. The van der Waals surface area contributed by atoms with Gasteiger partial charge in [-0.3, -0.25) is 0 Å². The first-order chi connectivity index (χ1) is 12.7. The van der Waals surface area contributed by atoms with Gasteiger partial charge in [0.2, 0.25) is 0 Å². The van der Waals surface area contributed by atoms with Crippen LogP contribution < -0.4 is 0 Å². The van der Waals surface area contributed by atoms with Crippen LogP contribution in [0.15, 0.2) is 60.7 Å². The van der Waals surface area contributed by atoms with E-state index in [4.69, 9.17) is 23.2 Å². The van der Waals surface area contributed by atoms with Gasteiger partial charge in [0, 0.05) is 11.1 Å². The summed E-state index contributed by atoms with van der Waals surface area (Å²) in [5, 5.41) is 0.761. The predicted octanol–water partition coefficient (Wildman–Crippen LogP) is 5.40. The van der Waals surface area contributed by atoms with Crippen molar-refractivity contribution in [3.8, 4) is 46.2 Å². The van der Waals surface area contributed by atoms with Gasteiger partial charge < -0.3 is 0 Å². The van der Waals surface area contributed by atoms with Crippen molar-refractivity contribution >= 4 is 23.2 Å². The van der Waals surface area contributed by atoms with Crippen LogP contribution in [0.5, 0.6) is 0 Å². The summed E-state index contributed by atoms with van der Waals surface area (Å²) >= 11 is 12.4. The molecule has 0 aromatic carbocycles. The molecule has 0 aromatic rings. The highest BCUT2D eigenvalue weighted by Crippen LogP contribution is 2.30. The average Bonchev–Trinajstić information content (AvgIpc) is 2.89. The molecule has 0 spiro atoms. The zero-order chi connectivity index (χ0) is 17.9. The van der Waals surface area contributed by atoms with E-state index in [1.165, 1.54) is 0 Å². The molecule has 2 heterocycles. The number of rotatable bonds is 0. The third-order valence-electron chi connectivity index (χ3n) is 3.86. The molecule has 4 heteroatoms. The smallest absolute Gasteiger partial charge is 0.146 e. The number of halogens is 2. The van der Waals surface area contributed by atoms with Crippen LogP contribution in [-0.4, -0.2) is 9.97 Å².